The summed E-state index contributed by atoms with van der Waals surface area (Å²) >= 11 is 0. The fourth-order valence-corrected chi connectivity index (χ4v) is 2.86. The molecule has 0 aliphatic heterocycles. The average Bonchev–Trinajstić information content (AvgIpc) is 2.98. The van der Waals surface area contributed by atoms with Gasteiger partial charge in [0.05, 0.1) is 16.6 Å². The average molecular weight is 315 g/mol. The summed E-state index contributed by atoms with van der Waals surface area (Å²) in [6, 6.07) is 25.5. The van der Waals surface area contributed by atoms with E-state index in [2.05, 4.69) is 10.4 Å². The lowest BCUT2D eigenvalue weighted by molar-refractivity contribution is 0.848. The molecule has 1 aromatic heterocycles. The molecule has 0 bridgehead atoms. The van der Waals surface area contributed by atoms with Gasteiger partial charge in [0.25, 0.3) is 5.56 Å². The van der Waals surface area contributed by atoms with Gasteiger partial charge in [-0.15, -0.1) is 0 Å². The van der Waals surface area contributed by atoms with Crippen LogP contribution in [0.5, 0.6) is 0 Å². The molecular weight excluding hydrogens is 298 g/mol. The smallest absolute Gasteiger partial charge is 0.279 e. The molecule has 24 heavy (non-hydrogen) atoms. The van der Waals surface area contributed by atoms with Gasteiger partial charge in [0.2, 0.25) is 0 Å². The number of nitrogens with zero attached hydrogens (tertiary/aromatic N) is 1. The molecule has 0 saturated carbocycles. The van der Waals surface area contributed by atoms with E-state index >= 15 is 0 Å². The topological polar surface area (TPSA) is 49.8 Å². The first kappa shape index (κ1) is 14.3. The van der Waals surface area contributed by atoms with Crippen molar-refractivity contribution >= 4 is 16.6 Å². The van der Waals surface area contributed by atoms with E-state index in [1.807, 2.05) is 78.9 Å². The van der Waals surface area contributed by atoms with Gasteiger partial charge < -0.3 is 5.32 Å². The van der Waals surface area contributed by atoms with Crippen LogP contribution in [0.2, 0.25) is 0 Å². The van der Waals surface area contributed by atoms with Crippen molar-refractivity contribution in [3.8, 4) is 5.69 Å². The highest BCUT2D eigenvalue weighted by molar-refractivity contribution is 5.78. The third kappa shape index (κ3) is 2.58. The molecule has 4 rings (SSSR count). The van der Waals surface area contributed by atoms with Crippen LogP contribution in [0.25, 0.3) is 16.6 Å². The summed E-state index contributed by atoms with van der Waals surface area (Å²) in [5.41, 5.74) is 3.78. The number of rotatable bonds is 4. The van der Waals surface area contributed by atoms with Gasteiger partial charge in [-0.1, -0.05) is 48.5 Å². The molecular formula is C20H17N3O. The first-order valence-corrected chi connectivity index (χ1v) is 7.90. The minimum atomic E-state index is -0.0299. The Kier molecular flexibility index (Phi) is 3.63. The Hall–Kier alpha value is -3.27. The second-order valence-electron chi connectivity index (χ2n) is 5.65. The molecule has 4 nitrogen and oxygen atoms in total. The highest BCUT2D eigenvalue weighted by atomic mass is 16.1. The van der Waals surface area contributed by atoms with Crippen molar-refractivity contribution in [2.45, 2.75) is 6.54 Å². The maximum atomic E-state index is 12.7. The predicted molar refractivity (Wildman–Crippen MR) is 97.7 cm³/mol. The van der Waals surface area contributed by atoms with E-state index in [1.54, 1.807) is 4.68 Å². The molecule has 2 N–H and O–H groups in total. The summed E-state index contributed by atoms with van der Waals surface area (Å²) in [7, 11) is 0. The number of para-hydroxylation sites is 3. The lowest BCUT2D eigenvalue weighted by Gasteiger charge is -2.11. The molecule has 0 radical (unpaired) electrons. The summed E-state index contributed by atoms with van der Waals surface area (Å²) < 4.78 is 1.62. The molecule has 0 saturated heterocycles. The van der Waals surface area contributed by atoms with Crippen LogP contribution < -0.4 is 10.9 Å². The molecule has 4 heteroatoms. The molecule has 0 unspecified atom stereocenters. The lowest BCUT2D eigenvalue weighted by Crippen LogP contribution is -2.17. The fraction of sp³-hybridized carbons (Fsp3) is 0.0500. The molecule has 0 spiro atoms. The quantitative estimate of drug-likeness (QED) is 0.599. The van der Waals surface area contributed by atoms with Crippen LogP contribution >= 0.6 is 0 Å². The van der Waals surface area contributed by atoms with E-state index in [0.717, 1.165) is 22.5 Å². The number of hydrogen-bond donors (Lipinski definition) is 2. The van der Waals surface area contributed by atoms with Crippen LogP contribution in [0, 0.1) is 0 Å². The normalized spacial score (nSPS) is 10.8. The highest BCUT2D eigenvalue weighted by Gasteiger charge is 2.10. The van der Waals surface area contributed by atoms with Gasteiger partial charge >= 0.3 is 0 Å². The summed E-state index contributed by atoms with van der Waals surface area (Å²) in [6.45, 7) is 0.641. The molecule has 4 aromatic rings. The number of hydrogen-bond acceptors (Lipinski definition) is 2. The number of aromatic nitrogens is 2. The van der Waals surface area contributed by atoms with Gasteiger partial charge in [0, 0.05) is 12.2 Å². The van der Waals surface area contributed by atoms with Crippen molar-refractivity contribution in [2.24, 2.45) is 0 Å². The number of anilines is 1. The molecule has 0 amide bonds. The first-order valence-electron chi connectivity index (χ1n) is 7.90. The van der Waals surface area contributed by atoms with Gasteiger partial charge in [-0.25, -0.2) is 4.68 Å². The Morgan fingerprint density at radius 2 is 1.54 bits per heavy atom. The SMILES string of the molecule is O=c1c2ccccc2[nH]n1-c1ccccc1CNc1ccccc1. The summed E-state index contributed by atoms with van der Waals surface area (Å²) in [5.74, 6) is 0. The van der Waals surface area contributed by atoms with Crippen molar-refractivity contribution in [2.75, 3.05) is 5.32 Å². The van der Waals surface area contributed by atoms with Crippen LogP contribution in [0.4, 0.5) is 5.69 Å². The second kappa shape index (κ2) is 6.08. The van der Waals surface area contributed by atoms with Gasteiger partial charge in [0.15, 0.2) is 0 Å². The van der Waals surface area contributed by atoms with E-state index in [0.29, 0.717) is 11.9 Å². The number of nitrogens with one attached hydrogen (secondary N) is 2. The van der Waals surface area contributed by atoms with Crippen molar-refractivity contribution in [3.63, 3.8) is 0 Å². The minimum Gasteiger partial charge on any atom is -0.381 e. The standard InChI is InChI=1S/C20H17N3O/c24-20-17-11-5-6-12-18(17)22-23(20)19-13-7-4-8-15(19)14-21-16-9-2-1-3-10-16/h1-13,21-22H,14H2. The lowest BCUT2D eigenvalue weighted by atomic mass is 10.1. The Bertz CT molecular complexity index is 1030. The number of fused-ring (bicyclic) bond motifs is 1. The first-order chi connectivity index (χ1) is 11.8. The zero-order chi connectivity index (χ0) is 16.4. The largest absolute Gasteiger partial charge is 0.381 e. The molecule has 0 atom stereocenters. The van der Waals surface area contributed by atoms with Crippen molar-refractivity contribution in [1.82, 2.24) is 9.78 Å². The van der Waals surface area contributed by atoms with Crippen LogP contribution in [0.15, 0.2) is 83.7 Å². The van der Waals surface area contributed by atoms with E-state index in [9.17, 15) is 4.79 Å². The molecule has 118 valence electrons. The highest BCUT2D eigenvalue weighted by Crippen LogP contribution is 2.17. The van der Waals surface area contributed by atoms with E-state index < -0.39 is 0 Å². The maximum absolute atomic E-state index is 12.7. The molecule has 3 aromatic carbocycles. The van der Waals surface area contributed by atoms with Crippen LogP contribution in [0.1, 0.15) is 5.56 Å². The summed E-state index contributed by atoms with van der Waals surface area (Å²) in [6.07, 6.45) is 0. The van der Waals surface area contributed by atoms with E-state index in [1.165, 1.54) is 0 Å². The molecule has 0 aliphatic carbocycles. The van der Waals surface area contributed by atoms with Crippen LogP contribution in [-0.2, 0) is 6.54 Å². The minimum absolute atomic E-state index is 0.0299. The van der Waals surface area contributed by atoms with Crippen LogP contribution in [0.3, 0.4) is 0 Å². The molecule has 1 heterocycles. The maximum Gasteiger partial charge on any atom is 0.279 e. The Labute approximate surface area is 139 Å². The van der Waals surface area contributed by atoms with Crippen molar-refractivity contribution < 1.29 is 0 Å². The van der Waals surface area contributed by atoms with Gasteiger partial charge in [-0.2, -0.15) is 0 Å². The van der Waals surface area contributed by atoms with Gasteiger partial charge in [0.1, 0.15) is 0 Å². The number of H-pyrrole nitrogens is 1. The summed E-state index contributed by atoms with van der Waals surface area (Å²) in [4.78, 5) is 12.7. The van der Waals surface area contributed by atoms with Gasteiger partial charge in [-0.3, -0.25) is 9.89 Å². The van der Waals surface area contributed by atoms with E-state index in [4.69, 9.17) is 0 Å². The zero-order valence-electron chi connectivity index (χ0n) is 13.1. The van der Waals surface area contributed by atoms with Crippen molar-refractivity contribution in [3.05, 3.63) is 94.8 Å². The Balaban J connectivity index is 1.73. The fourth-order valence-electron chi connectivity index (χ4n) is 2.86. The predicted octanol–water partition coefficient (Wildman–Crippen LogP) is 3.93. The molecule has 0 fully saturated rings. The third-order valence-corrected chi connectivity index (χ3v) is 4.08. The second-order valence-corrected chi connectivity index (χ2v) is 5.65. The monoisotopic (exact) mass is 315 g/mol. The Morgan fingerprint density at radius 1 is 0.833 bits per heavy atom. The number of aromatic amines is 1. The van der Waals surface area contributed by atoms with E-state index in [-0.39, 0.29) is 5.56 Å². The third-order valence-electron chi connectivity index (χ3n) is 4.08. The van der Waals surface area contributed by atoms with Crippen LogP contribution in [-0.4, -0.2) is 9.78 Å². The Morgan fingerprint density at radius 3 is 2.38 bits per heavy atom. The zero-order valence-corrected chi connectivity index (χ0v) is 13.1. The van der Waals surface area contributed by atoms with Crippen molar-refractivity contribution in [1.29, 1.82) is 0 Å². The summed E-state index contributed by atoms with van der Waals surface area (Å²) in [5, 5.41) is 7.29. The number of benzene rings is 3. The molecule has 0 aliphatic rings. The van der Waals surface area contributed by atoms with Gasteiger partial charge in [-0.05, 0) is 35.9 Å².